The second-order valence-electron chi connectivity index (χ2n) is 4.40. The first-order valence-electron chi connectivity index (χ1n) is 5.55. The van der Waals surface area contributed by atoms with E-state index in [1.165, 1.54) is 5.57 Å². The Morgan fingerprint density at radius 1 is 1.47 bits per heavy atom. The lowest BCUT2D eigenvalue weighted by atomic mass is 10.0. The molecule has 88 valence electrons. The lowest BCUT2D eigenvalue weighted by Gasteiger charge is -2.11. The van der Waals surface area contributed by atoms with E-state index < -0.39 is 0 Å². The third-order valence-corrected chi connectivity index (χ3v) is 2.61. The van der Waals surface area contributed by atoms with E-state index in [4.69, 9.17) is 14.2 Å². The zero-order chi connectivity index (χ0) is 11.3. The minimum absolute atomic E-state index is 0.106. The summed E-state index contributed by atoms with van der Waals surface area (Å²) in [6, 6.07) is 0. The SMILES string of the molecule is COCO[C@@H](C)/C=C1/CO[C@H](C(C)C)C1. The van der Waals surface area contributed by atoms with Crippen LogP contribution in [-0.4, -0.2) is 32.7 Å². The Hall–Kier alpha value is -0.380. The van der Waals surface area contributed by atoms with Gasteiger partial charge in [-0.2, -0.15) is 0 Å². The second kappa shape index (κ2) is 6.26. The normalized spacial score (nSPS) is 26.5. The Balaban J connectivity index is 2.35. The number of methoxy groups -OCH3 is 1. The highest BCUT2D eigenvalue weighted by Gasteiger charge is 2.23. The van der Waals surface area contributed by atoms with Crippen LogP contribution in [0.15, 0.2) is 11.6 Å². The minimum Gasteiger partial charge on any atom is -0.373 e. The van der Waals surface area contributed by atoms with Crippen LogP contribution < -0.4 is 0 Å². The largest absolute Gasteiger partial charge is 0.373 e. The van der Waals surface area contributed by atoms with Crippen molar-refractivity contribution in [1.29, 1.82) is 0 Å². The number of rotatable bonds is 5. The average Bonchev–Trinajstić information content (AvgIpc) is 2.63. The van der Waals surface area contributed by atoms with Crippen molar-refractivity contribution in [2.45, 2.75) is 39.4 Å². The molecule has 1 heterocycles. The van der Waals surface area contributed by atoms with Crippen LogP contribution in [0.2, 0.25) is 0 Å². The maximum absolute atomic E-state index is 5.68. The highest BCUT2D eigenvalue weighted by molar-refractivity contribution is 5.10. The Bertz CT molecular complexity index is 211. The molecule has 0 aliphatic carbocycles. The topological polar surface area (TPSA) is 27.7 Å². The van der Waals surface area contributed by atoms with E-state index in [2.05, 4.69) is 19.9 Å². The third-order valence-electron chi connectivity index (χ3n) is 2.61. The summed E-state index contributed by atoms with van der Waals surface area (Å²) in [7, 11) is 1.63. The Morgan fingerprint density at radius 2 is 2.20 bits per heavy atom. The molecule has 1 rings (SSSR count). The minimum atomic E-state index is 0.106. The molecule has 2 atom stereocenters. The zero-order valence-corrected chi connectivity index (χ0v) is 10.2. The highest BCUT2D eigenvalue weighted by Crippen LogP contribution is 2.24. The molecule has 0 spiro atoms. The van der Waals surface area contributed by atoms with Gasteiger partial charge < -0.3 is 14.2 Å². The first-order chi connectivity index (χ1) is 7.13. The smallest absolute Gasteiger partial charge is 0.147 e. The fraction of sp³-hybridized carbons (Fsp3) is 0.833. The van der Waals surface area contributed by atoms with E-state index in [9.17, 15) is 0 Å². The molecular formula is C12H22O3. The van der Waals surface area contributed by atoms with Crippen LogP contribution in [0, 0.1) is 5.92 Å². The van der Waals surface area contributed by atoms with Crippen molar-refractivity contribution in [3.05, 3.63) is 11.6 Å². The summed E-state index contributed by atoms with van der Waals surface area (Å²) >= 11 is 0. The van der Waals surface area contributed by atoms with Crippen LogP contribution in [0.25, 0.3) is 0 Å². The van der Waals surface area contributed by atoms with Gasteiger partial charge in [0.25, 0.3) is 0 Å². The maximum atomic E-state index is 5.68. The molecule has 3 nitrogen and oxygen atoms in total. The van der Waals surface area contributed by atoms with Crippen LogP contribution in [0.1, 0.15) is 27.2 Å². The molecule has 1 aliphatic heterocycles. The molecule has 0 radical (unpaired) electrons. The van der Waals surface area contributed by atoms with Crippen molar-refractivity contribution >= 4 is 0 Å². The predicted octanol–water partition coefficient (Wildman–Crippen LogP) is 2.37. The van der Waals surface area contributed by atoms with Crippen LogP contribution in [0.3, 0.4) is 0 Å². The van der Waals surface area contributed by atoms with Gasteiger partial charge in [-0.15, -0.1) is 0 Å². The Labute approximate surface area is 92.4 Å². The number of hydrogen-bond donors (Lipinski definition) is 0. The molecule has 1 aliphatic rings. The van der Waals surface area contributed by atoms with Crippen molar-refractivity contribution < 1.29 is 14.2 Å². The first kappa shape index (κ1) is 12.7. The summed E-state index contributed by atoms with van der Waals surface area (Å²) in [5.74, 6) is 0.589. The van der Waals surface area contributed by atoms with E-state index in [1.54, 1.807) is 7.11 Å². The first-order valence-corrected chi connectivity index (χ1v) is 5.55. The van der Waals surface area contributed by atoms with Gasteiger partial charge in [-0.25, -0.2) is 0 Å². The summed E-state index contributed by atoms with van der Waals surface area (Å²) < 4.78 is 15.9. The monoisotopic (exact) mass is 214 g/mol. The van der Waals surface area contributed by atoms with E-state index in [0.717, 1.165) is 13.0 Å². The zero-order valence-electron chi connectivity index (χ0n) is 10.2. The van der Waals surface area contributed by atoms with Crippen molar-refractivity contribution in [2.75, 3.05) is 20.5 Å². The summed E-state index contributed by atoms with van der Waals surface area (Å²) in [6.07, 6.45) is 3.67. The molecule has 0 amide bonds. The van der Waals surface area contributed by atoms with Gasteiger partial charge in [0.1, 0.15) is 6.79 Å². The number of ether oxygens (including phenoxy) is 3. The van der Waals surface area contributed by atoms with E-state index in [0.29, 0.717) is 18.8 Å². The molecule has 3 heteroatoms. The summed E-state index contributed by atoms with van der Waals surface area (Å²) in [4.78, 5) is 0. The standard InChI is InChI=1S/C12H22O3/c1-9(2)12-6-11(7-14-12)5-10(3)15-8-13-4/h5,9-10,12H,6-8H2,1-4H3/b11-5+/t10-,12-/m0/s1. The van der Waals surface area contributed by atoms with Gasteiger partial charge >= 0.3 is 0 Å². The van der Waals surface area contributed by atoms with Crippen molar-refractivity contribution in [3.63, 3.8) is 0 Å². The van der Waals surface area contributed by atoms with Gasteiger partial charge in [0.05, 0.1) is 18.8 Å². The molecule has 0 unspecified atom stereocenters. The van der Waals surface area contributed by atoms with Gasteiger partial charge in [-0.3, -0.25) is 0 Å². The van der Waals surface area contributed by atoms with Crippen LogP contribution in [-0.2, 0) is 14.2 Å². The average molecular weight is 214 g/mol. The molecule has 0 aromatic carbocycles. The maximum Gasteiger partial charge on any atom is 0.147 e. The Kier molecular flexibility index (Phi) is 5.29. The van der Waals surface area contributed by atoms with Gasteiger partial charge in [-0.05, 0) is 24.8 Å². The third kappa shape index (κ3) is 4.33. The molecule has 0 N–H and O–H groups in total. The van der Waals surface area contributed by atoms with Gasteiger partial charge in [-0.1, -0.05) is 19.9 Å². The molecular weight excluding hydrogens is 192 g/mol. The molecule has 15 heavy (non-hydrogen) atoms. The molecule has 0 aromatic rings. The second-order valence-corrected chi connectivity index (χ2v) is 4.40. The van der Waals surface area contributed by atoms with E-state index in [-0.39, 0.29) is 6.10 Å². The highest BCUT2D eigenvalue weighted by atomic mass is 16.7. The lowest BCUT2D eigenvalue weighted by Crippen LogP contribution is -2.12. The van der Waals surface area contributed by atoms with E-state index >= 15 is 0 Å². The predicted molar refractivity (Wildman–Crippen MR) is 59.7 cm³/mol. The van der Waals surface area contributed by atoms with Crippen LogP contribution in [0.5, 0.6) is 0 Å². The summed E-state index contributed by atoms with van der Waals surface area (Å²) in [5.41, 5.74) is 1.34. The van der Waals surface area contributed by atoms with Gasteiger partial charge in [0.2, 0.25) is 0 Å². The molecule has 1 saturated heterocycles. The van der Waals surface area contributed by atoms with Crippen LogP contribution >= 0.6 is 0 Å². The fourth-order valence-corrected chi connectivity index (χ4v) is 1.69. The van der Waals surface area contributed by atoms with Crippen molar-refractivity contribution in [1.82, 2.24) is 0 Å². The van der Waals surface area contributed by atoms with Crippen molar-refractivity contribution in [2.24, 2.45) is 5.92 Å². The molecule has 0 saturated carbocycles. The quantitative estimate of drug-likeness (QED) is 0.519. The molecule has 0 aromatic heterocycles. The lowest BCUT2D eigenvalue weighted by molar-refractivity contribution is -0.0497. The number of hydrogen-bond acceptors (Lipinski definition) is 3. The summed E-state index contributed by atoms with van der Waals surface area (Å²) in [5, 5.41) is 0. The fourth-order valence-electron chi connectivity index (χ4n) is 1.69. The molecule has 1 fully saturated rings. The van der Waals surface area contributed by atoms with Gasteiger partial charge in [0.15, 0.2) is 0 Å². The Morgan fingerprint density at radius 3 is 2.73 bits per heavy atom. The summed E-state index contributed by atoms with van der Waals surface area (Å²) in [6.45, 7) is 7.51. The van der Waals surface area contributed by atoms with E-state index in [1.807, 2.05) is 6.92 Å². The van der Waals surface area contributed by atoms with Gasteiger partial charge in [0, 0.05) is 7.11 Å². The van der Waals surface area contributed by atoms with Crippen LogP contribution in [0.4, 0.5) is 0 Å². The molecule has 0 bridgehead atoms. The van der Waals surface area contributed by atoms with Crippen molar-refractivity contribution in [3.8, 4) is 0 Å².